The zero-order chi connectivity index (χ0) is 20.6. The molecule has 158 valence electrons. The van der Waals surface area contributed by atoms with E-state index in [2.05, 4.69) is 24.7 Å². The summed E-state index contributed by atoms with van der Waals surface area (Å²) in [6, 6.07) is 1.98. The number of hydrogen-bond donors (Lipinski definition) is 3. The number of imidazole rings is 1. The highest BCUT2D eigenvalue weighted by Crippen LogP contribution is 2.28. The lowest BCUT2D eigenvalue weighted by molar-refractivity contribution is 0.182. The molecule has 0 spiro atoms. The SMILES string of the molecule is CCCS(=O)(=O)NCC1CCN(n2c([C@@H](C)O)nc3cnc4[nH]ccc4c32)CC1. The summed E-state index contributed by atoms with van der Waals surface area (Å²) in [6.45, 7) is 5.59. The van der Waals surface area contributed by atoms with Crippen LogP contribution in [0.4, 0.5) is 0 Å². The van der Waals surface area contributed by atoms with Gasteiger partial charge >= 0.3 is 0 Å². The number of fused-ring (bicyclic) bond motifs is 3. The number of aliphatic hydroxyl groups excluding tert-OH is 1. The lowest BCUT2D eigenvalue weighted by Crippen LogP contribution is -2.45. The number of aromatic amines is 1. The summed E-state index contributed by atoms with van der Waals surface area (Å²) in [5.74, 6) is 1.07. The Bertz CT molecular complexity index is 1100. The van der Waals surface area contributed by atoms with Crippen LogP contribution in [-0.4, -0.2) is 58.5 Å². The lowest BCUT2D eigenvalue weighted by atomic mass is 9.98. The maximum absolute atomic E-state index is 11.9. The maximum Gasteiger partial charge on any atom is 0.211 e. The van der Waals surface area contributed by atoms with Gasteiger partial charge in [-0.25, -0.2) is 27.8 Å². The van der Waals surface area contributed by atoms with Gasteiger partial charge in [-0.1, -0.05) is 6.92 Å². The highest BCUT2D eigenvalue weighted by Gasteiger charge is 2.26. The van der Waals surface area contributed by atoms with Crippen molar-refractivity contribution in [2.45, 2.75) is 39.2 Å². The minimum atomic E-state index is -3.17. The van der Waals surface area contributed by atoms with Gasteiger partial charge in [0.2, 0.25) is 10.0 Å². The van der Waals surface area contributed by atoms with Gasteiger partial charge in [0.05, 0.1) is 11.9 Å². The van der Waals surface area contributed by atoms with Crippen molar-refractivity contribution >= 4 is 32.1 Å². The third-order valence-electron chi connectivity index (χ3n) is 5.51. The van der Waals surface area contributed by atoms with Gasteiger partial charge in [-0.2, -0.15) is 0 Å². The molecule has 0 aliphatic carbocycles. The van der Waals surface area contributed by atoms with Crippen LogP contribution in [-0.2, 0) is 10.0 Å². The number of nitrogens with one attached hydrogen (secondary N) is 2. The van der Waals surface area contributed by atoms with Crippen molar-refractivity contribution in [1.82, 2.24) is 24.4 Å². The summed E-state index contributed by atoms with van der Waals surface area (Å²) in [5.41, 5.74) is 2.48. The van der Waals surface area contributed by atoms with Crippen LogP contribution in [0.1, 0.15) is 45.0 Å². The first-order valence-electron chi connectivity index (χ1n) is 10.1. The summed E-state index contributed by atoms with van der Waals surface area (Å²) in [7, 11) is -3.17. The second kappa shape index (κ2) is 7.92. The number of H-pyrrole nitrogens is 1. The van der Waals surface area contributed by atoms with Crippen molar-refractivity contribution < 1.29 is 13.5 Å². The van der Waals surface area contributed by atoms with Crippen LogP contribution >= 0.6 is 0 Å². The highest BCUT2D eigenvalue weighted by atomic mass is 32.2. The van der Waals surface area contributed by atoms with Gasteiger partial charge in [0.1, 0.15) is 22.8 Å². The van der Waals surface area contributed by atoms with Crippen molar-refractivity contribution in [3.05, 3.63) is 24.3 Å². The molecule has 1 aliphatic heterocycles. The fourth-order valence-electron chi connectivity index (χ4n) is 4.04. The molecule has 1 aliphatic rings. The smallest absolute Gasteiger partial charge is 0.211 e. The number of pyridine rings is 1. The molecule has 0 bridgehead atoms. The van der Waals surface area contributed by atoms with E-state index in [9.17, 15) is 13.5 Å². The number of rotatable bonds is 7. The second-order valence-electron chi connectivity index (χ2n) is 7.75. The molecular weight excluding hydrogens is 392 g/mol. The lowest BCUT2D eigenvalue weighted by Gasteiger charge is -2.35. The van der Waals surface area contributed by atoms with Crippen molar-refractivity contribution in [3.8, 4) is 0 Å². The molecule has 0 unspecified atom stereocenters. The van der Waals surface area contributed by atoms with Crippen LogP contribution in [0.5, 0.6) is 0 Å². The number of sulfonamides is 1. The van der Waals surface area contributed by atoms with Gasteiger partial charge in [0.15, 0.2) is 5.82 Å². The molecule has 1 saturated heterocycles. The number of hydrogen-bond acceptors (Lipinski definition) is 6. The number of aromatic nitrogens is 4. The first-order chi connectivity index (χ1) is 13.9. The normalized spacial score (nSPS) is 17.4. The number of piperidine rings is 1. The average Bonchev–Trinajstić information content (AvgIpc) is 3.31. The molecule has 0 amide bonds. The zero-order valence-corrected chi connectivity index (χ0v) is 17.6. The van der Waals surface area contributed by atoms with Crippen LogP contribution in [0.25, 0.3) is 22.1 Å². The summed E-state index contributed by atoms with van der Waals surface area (Å²) in [5, 5.41) is 13.5. The third kappa shape index (κ3) is 3.96. The Labute approximate surface area is 170 Å². The van der Waals surface area contributed by atoms with Gasteiger partial charge < -0.3 is 15.1 Å². The molecule has 0 radical (unpaired) electrons. The maximum atomic E-state index is 11.9. The summed E-state index contributed by atoms with van der Waals surface area (Å²) < 4.78 is 28.6. The fourth-order valence-corrected chi connectivity index (χ4v) is 5.21. The van der Waals surface area contributed by atoms with Crippen LogP contribution in [0, 0.1) is 5.92 Å². The zero-order valence-electron chi connectivity index (χ0n) is 16.8. The largest absolute Gasteiger partial charge is 0.385 e. The third-order valence-corrected chi connectivity index (χ3v) is 7.07. The van der Waals surface area contributed by atoms with E-state index in [0.717, 1.165) is 48.0 Å². The Morgan fingerprint density at radius 1 is 1.38 bits per heavy atom. The van der Waals surface area contributed by atoms with Crippen LogP contribution < -0.4 is 9.73 Å². The predicted molar refractivity (Wildman–Crippen MR) is 113 cm³/mol. The van der Waals surface area contributed by atoms with Gasteiger partial charge in [-0.15, -0.1) is 0 Å². The Balaban J connectivity index is 1.56. The van der Waals surface area contributed by atoms with Crippen LogP contribution in [0.3, 0.4) is 0 Å². The number of aliphatic hydroxyl groups is 1. The Morgan fingerprint density at radius 2 is 2.14 bits per heavy atom. The molecule has 0 aromatic carbocycles. The first-order valence-corrected chi connectivity index (χ1v) is 11.8. The van der Waals surface area contributed by atoms with Crippen molar-refractivity contribution in [2.75, 3.05) is 30.4 Å². The molecule has 10 heteroatoms. The topological polar surface area (TPSA) is 116 Å². The molecule has 3 N–H and O–H groups in total. The average molecular weight is 421 g/mol. The van der Waals surface area contributed by atoms with E-state index < -0.39 is 16.1 Å². The molecule has 1 atom stereocenters. The molecule has 3 aromatic rings. The minimum Gasteiger partial charge on any atom is -0.385 e. The Kier molecular flexibility index (Phi) is 5.50. The van der Waals surface area contributed by atoms with Gasteiger partial charge in [-0.05, 0) is 38.2 Å². The molecule has 4 rings (SSSR count). The quantitative estimate of drug-likeness (QED) is 0.535. The van der Waals surface area contributed by atoms with Crippen molar-refractivity contribution in [2.24, 2.45) is 5.92 Å². The van der Waals surface area contributed by atoms with E-state index in [1.165, 1.54) is 0 Å². The van der Waals surface area contributed by atoms with E-state index in [1.54, 1.807) is 13.1 Å². The molecule has 4 heterocycles. The number of nitrogens with zero attached hydrogens (tertiary/aromatic N) is 4. The van der Waals surface area contributed by atoms with E-state index in [-0.39, 0.29) is 5.75 Å². The Hall–Kier alpha value is -2.17. The van der Waals surface area contributed by atoms with Crippen LogP contribution in [0.2, 0.25) is 0 Å². The van der Waals surface area contributed by atoms with Crippen molar-refractivity contribution in [1.29, 1.82) is 0 Å². The van der Waals surface area contributed by atoms with E-state index in [0.29, 0.717) is 24.7 Å². The van der Waals surface area contributed by atoms with Crippen LogP contribution in [0.15, 0.2) is 18.5 Å². The molecule has 29 heavy (non-hydrogen) atoms. The second-order valence-corrected chi connectivity index (χ2v) is 9.68. The van der Waals surface area contributed by atoms with Gasteiger partial charge in [0.25, 0.3) is 0 Å². The summed E-state index contributed by atoms with van der Waals surface area (Å²) in [6.07, 6.45) is 5.22. The Morgan fingerprint density at radius 3 is 2.83 bits per heavy atom. The monoisotopic (exact) mass is 420 g/mol. The fraction of sp³-hybridized carbons (Fsp3) is 0.579. The standard InChI is InChI=1S/C19H28N6O3S/c1-3-10-29(27,28)22-11-14-5-8-24(9-6-14)25-17-15-4-7-20-18(15)21-12-16(17)23-19(25)13(2)26/h4,7,12-14,22,26H,3,5-6,8-11H2,1-2H3,(H,20,21)/t13-/m1/s1. The van der Waals surface area contributed by atoms with Gasteiger partial charge in [-0.3, -0.25) is 0 Å². The first kappa shape index (κ1) is 20.1. The summed E-state index contributed by atoms with van der Waals surface area (Å²) >= 11 is 0. The van der Waals surface area contributed by atoms with E-state index in [1.807, 2.05) is 23.9 Å². The molecule has 9 nitrogen and oxygen atoms in total. The van der Waals surface area contributed by atoms with E-state index in [4.69, 9.17) is 0 Å². The molecule has 0 saturated carbocycles. The predicted octanol–water partition coefficient (Wildman–Crippen LogP) is 1.64. The summed E-state index contributed by atoms with van der Waals surface area (Å²) in [4.78, 5) is 12.2. The molecule has 1 fully saturated rings. The van der Waals surface area contributed by atoms with E-state index >= 15 is 0 Å². The highest BCUT2D eigenvalue weighted by molar-refractivity contribution is 7.89. The molecular formula is C19H28N6O3S. The van der Waals surface area contributed by atoms with Gasteiger partial charge in [0, 0.05) is 31.2 Å². The minimum absolute atomic E-state index is 0.172. The molecule has 3 aromatic heterocycles. The van der Waals surface area contributed by atoms with Crippen molar-refractivity contribution in [3.63, 3.8) is 0 Å².